The summed E-state index contributed by atoms with van der Waals surface area (Å²) >= 11 is 0. The molecule has 4 nitrogen and oxygen atoms in total. The Morgan fingerprint density at radius 3 is 2.92 bits per heavy atom. The largest absolute Gasteiger partial charge is 0.390 e. The van der Waals surface area contributed by atoms with Crippen LogP contribution in [0, 0.1) is 5.92 Å². The Bertz CT molecular complexity index is 184. The van der Waals surface area contributed by atoms with Gasteiger partial charge in [0.25, 0.3) is 0 Å². The van der Waals surface area contributed by atoms with Crippen molar-refractivity contribution in [2.24, 2.45) is 11.7 Å². The Labute approximate surface area is 78.7 Å². The van der Waals surface area contributed by atoms with Gasteiger partial charge in [-0.2, -0.15) is 0 Å². The summed E-state index contributed by atoms with van der Waals surface area (Å²) in [5.74, 6) is 0.622. The molecular weight excluding hydrogens is 168 g/mol. The minimum atomic E-state index is -0.570. The van der Waals surface area contributed by atoms with E-state index in [0.29, 0.717) is 18.9 Å². The van der Waals surface area contributed by atoms with Crippen LogP contribution >= 0.6 is 0 Å². The lowest BCUT2D eigenvalue weighted by molar-refractivity contribution is -0.128. The van der Waals surface area contributed by atoms with E-state index in [1.807, 2.05) is 0 Å². The normalized spacial score (nSPS) is 25.3. The molecule has 0 spiro atoms. The summed E-state index contributed by atoms with van der Waals surface area (Å²) in [4.78, 5) is 13.1. The van der Waals surface area contributed by atoms with Crippen LogP contribution < -0.4 is 5.73 Å². The number of aliphatic hydroxyl groups is 1. The van der Waals surface area contributed by atoms with E-state index >= 15 is 0 Å². The summed E-state index contributed by atoms with van der Waals surface area (Å²) in [5.41, 5.74) is 5.27. The maximum absolute atomic E-state index is 11.4. The predicted octanol–water partition coefficient (Wildman–Crippen LogP) is -0.435. The van der Waals surface area contributed by atoms with Crippen molar-refractivity contribution < 1.29 is 9.90 Å². The molecule has 1 rings (SSSR count). The van der Waals surface area contributed by atoms with E-state index in [4.69, 9.17) is 5.73 Å². The summed E-state index contributed by atoms with van der Waals surface area (Å²) in [6, 6.07) is 0. The summed E-state index contributed by atoms with van der Waals surface area (Å²) in [6.07, 6.45) is 1.09. The molecule has 0 aromatic carbocycles. The van der Waals surface area contributed by atoms with Gasteiger partial charge in [-0.05, 0) is 5.92 Å². The number of likely N-dealkylation sites (tertiary alicyclic amines) is 1. The fourth-order valence-electron chi connectivity index (χ4n) is 1.63. The van der Waals surface area contributed by atoms with Crippen molar-refractivity contribution in [3.63, 3.8) is 0 Å². The maximum atomic E-state index is 11.4. The third-order valence-corrected chi connectivity index (χ3v) is 2.58. The molecule has 1 amide bonds. The molecular formula is C9H18N2O2. The monoisotopic (exact) mass is 186 g/mol. The fraction of sp³-hybridized carbons (Fsp3) is 0.889. The second-order valence-electron chi connectivity index (χ2n) is 3.67. The van der Waals surface area contributed by atoms with Crippen LogP contribution in [-0.4, -0.2) is 41.7 Å². The van der Waals surface area contributed by atoms with E-state index in [1.54, 1.807) is 4.90 Å². The zero-order valence-corrected chi connectivity index (χ0v) is 8.07. The number of rotatable bonds is 4. The SMILES string of the molecule is CCC1CC(=O)N(CC(O)CN)C1. The molecule has 1 fully saturated rings. The molecule has 2 atom stereocenters. The van der Waals surface area contributed by atoms with Gasteiger partial charge in [-0.1, -0.05) is 13.3 Å². The van der Waals surface area contributed by atoms with Gasteiger partial charge in [0, 0.05) is 26.1 Å². The quantitative estimate of drug-likeness (QED) is 0.625. The zero-order valence-electron chi connectivity index (χ0n) is 8.07. The highest BCUT2D eigenvalue weighted by atomic mass is 16.3. The van der Waals surface area contributed by atoms with Gasteiger partial charge < -0.3 is 15.7 Å². The van der Waals surface area contributed by atoms with Crippen molar-refractivity contribution in [2.45, 2.75) is 25.9 Å². The van der Waals surface area contributed by atoms with Gasteiger partial charge in [0.15, 0.2) is 0 Å². The molecule has 4 heteroatoms. The molecule has 1 aliphatic rings. The van der Waals surface area contributed by atoms with Crippen molar-refractivity contribution >= 4 is 5.91 Å². The standard InChI is InChI=1S/C9H18N2O2/c1-2-7-3-9(13)11(5-7)6-8(12)4-10/h7-8,12H,2-6,10H2,1H3. The van der Waals surface area contributed by atoms with Crippen LogP contribution in [0.1, 0.15) is 19.8 Å². The smallest absolute Gasteiger partial charge is 0.223 e. The van der Waals surface area contributed by atoms with Crippen LogP contribution in [0.5, 0.6) is 0 Å². The molecule has 1 saturated heterocycles. The van der Waals surface area contributed by atoms with Gasteiger partial charge in [-0.25, -0.2) is 0 Å². The van der Waals surface area contributed by atoms with Gasteiger partial charge in [-0.15, -0.1) is 0 Å². The van der Waals surface area contributed by atoms with E-state index in [1.165, 1.54) is 0 Å². The average Bonchev–Trinajstić information content (AvgIpc) is 2.47. The second kappa shape index (κ2) is 4.58. The molecule has 2 unspecified atom stereocenters. The molecule has 3 N–H and O–H groups in total. The first kappa shape index (κ1) is 10.5. The highest BCUT2D eigenvalue weighted by molar-refractivity contribution is 5.78. The Morgan fingerprint density at radius 1 is 1.77 bits per heavy atom. The Hall–Kier alpha value is -0.610. The van der Waals surface area contributed by atoms with E-state index < -0.39 is 6.10 Å². The zero-order chi connectivity index (χ0) is 9.84. The van der Waals surface area contributed by atoms with Gasteiger partial charge in [-0.3, -0.25) is 4.79 Å². The Morgan fingerprint density at radius 2 is 2.46 bits per heavy atom. The van der Waals surface area contributed by atoms with E-state index in [9.17, 15) is 9.90 Å². The summed E-state index contributed by atoms with van der Waals surface area (Å²) in [6.45, 7) is 3.49. The molecule has 0 aliphatic carbocycles. The topological polar surface area (TPSA) is 66.6 Å². The number of hydrogen-bond acceptors (Lipinski definition) is 3. The summed E-state index contributed by atoms with van der Waals surface area (Å²) in [5, 5.41) is 9.28. The van der Waals surface area contributed by atoms with Gasteiger partial charge in [0.1, 0.15) is 0 Å². The van der Waals surface area contributed by atoms with Gasteiger partial charge in [0.05, 0.1) is 6.10 Å². The summed E-state index contributed by atoms with van der Waals surface area (Å²) < 4.78 is 0. The molecule has 0 radical (unpaired) electrons. The second-order valence-corrected chi connectivity index (χ2v) is 3.67. The lowest BCUT2D eigenvalue weighted by atomic mass is 10.1. The van der Waals surface area contributed by atoms with Crippen molar-refractivity contribution in [3.8, 4) is 0 Å². The number of carbonyl (C=O) groups excluding carboxylic acids is 1. The Kier molecular flexibility index (Phi) is 3.69. The minimum absolute atomic E-state index is 0.152. The molecule has 0 saturated carbocycles. The highest BCUT2D eigenvalue weighted by Crippen LogP contribution is 2.20. The summed E-state index contributed by atoms with van der Waals surface area (Å²) in [7, 11) is 0. The molecule has 1 heterocycles. The molecule has 13 heavy (non-hydrogen) atoms. The molecule has 1 aliphatic heterocycles. The van der Waals surface area contributed by atoms with Crippen molar-refractivity contribution in [2.75, 3.05) is 19.6 Å². The van der Waals surface area contributed by atoms with Gasteiger partial charge in [0.2, 0.25) is 5.91 Å². The Balaban J connectivity index is 2.39. The van der Waals surface area contributed by atoms with E-state index in [0.717, 1.165) is 13.0 Å². The first-order chi connectivity index (χ1) is 6.17. The maximum Gasteiger partial charge on any atom is 0.223 e. The number of aliphatic hydroxyl groups excluding tert-OH is 1. The van der Waals surface area contributed by atoms with E-state index in [2.05, 4.69) is 6.92 Å². The first-order valence-electron chi connectivity index (χ1n) is 4.83. The number of nitrogens with zero attached hydrogens (tertiary/aromatic N) is 1. The lowest BCUT2D eigenvalue weighted by Gasteiger charge is -2.19. The molecule has 0 aromatic rings. The lowest BCUT2D eigenvalue weighted by Crippen LogP contribution is -2.37. The number of hydrogen-bond donors (Lipinski definition) is 2. The van der Waals surface area contributed by atoms with Gasteiger partial charge >= 0.3 is 0 Å². The van der Waals surface area contributed by atoms with Crippen molar-refractivity contribution in [1.82, 2.24) is 4.90 Å². The molecule has 76 valence electrons. The molecule has 0 aromatic heterocycles. The van der Waals surface area contributed by atoms with Crippen LogP contribution in [-0.2, 0) is 4.79 Å². The third-order valence-electron chi connectivity index (χ3n) is 2.58. The first-order valence-corrected chi connectivity index (χ1v) is 4.83. The van der Waals surface area contributed by atoms with Crippen LogP contribution in [0.15, 0.2) is 0 Å². The van der Waals surface area contributed by atoms with E-state index in [-0.39, 0.29) is 12.5 Å². The average molecular weight is 186 g/mol. The van der Waals surface area contributed by atoms with Crippen LogP contribution in [0.3, 0.4) is 0 Å². The van der Waals surface area contributed by atoms with Crippen molar-refractivity contribution in [3.05, 3.63) is 0 Å². The van der Waals surface area contributed by atoms with Crippen LogP contribution in [0.2, 0.25) is 0 Å². The van der Waals surface area contributed by atoms with Crippen LogP contribution in [0.4, 0.5) is 0 Å². The number of nitrogens with two attached hydrogens (primary N) is 1. The predicted molar refractivity (Wildman–Crippen MR) is 50.0 cm³/mol. The molecule has 0 bridgehead atoms. The number of carbonyl (C=O) groups is 1. The van der Waals surface area contributed by atoms with Crippen molar-refractivity contribution in [1.29, 1.82) is 0 Å². The van der Waals surface area contributed by atoms with Crippen LogP contribution in [0.25, 0.3) is 0 Å². The fourth-order valence-corrected chi connectivity index (χ4v) is 1.63. The minimum Gasteiger partial charge on any atom is -0.390 e. The highest BCUT2D eigenvalue weighted by Gasteiger charge is 2.28. The third kappa shape index (κ3) is 2.67. The number of amides is 1. The number of β-amino-alcohol motifs (C(OH)–C–C–N with tert-alkyl or cyclic N) is 1.